The minimum Gasteiger partial charge on any atom is -0.759 e. The maximum atomic E-state index is 8.52. The first-order valence-corrected chi connectivity index (χ1v) is 3.30. The summed E-state index contributed by atoms with van der Waals surface area (Å²) in [5.41, 5.74) is 0. The molecule has 0 amide bonds. The number of aromatic nitrogens is 3. The Hall–Kier alpha value is -0.471. The van der Waals surface area contributed by atoms with Crippen molar-refractivity contribution in [2.24, 2.45) is 0 Å². The van der Waals surface area contributed by atoms with Gasteiger partial charge in [-0.1, -0.05) is 0 Å². The second-order valence-electron chi connectivity index (χ2n) is 1.06. The van der Waals surface area contributed by atoms with Crippen molar-refractivity contribution in [3.63, 3.8) is 0 Å². The Bertz CT molecular complexity index is 219. The van der Waals surface area contributed by atoms with Crippen molar-refractivity contribution in [2.75, 3.05) is 0 Å². The van der Waals surface area contributed by atoms with Gasteiger partial charge in [0.15, 0.2) is 0 Å². The third kappa shape index (κ3) is 26.3. The second-order valence-corrected chi connectivity index (χ2v) is 1.88. The second kappa shape index (κ2) is 6.25. The van der Waals surface area contributed by atoms with E-state index in [-0.39, 0.29) is 17.1 Å². The zero-order valence-electron chi connectivity index (χ0n) is 4.89. The summed E-state index contributed by atoms with van der Waals surface area (Å²) in [6, 6.07) is 0. The van der Waals surface area contributed by atoms with Crippen molar-refractivity contribution in [1.82, 2.24) is 15.4 Å². The summed E-state index contributed by atoms with van der Waals surface area (Å²) in [7, 11) is -5.17. The molecule has 1 aromatic heterocycles. The number of aromatic amines is 1. The van der Waals surface area contributed by atoms with Gasteiger partial charge in [0.1, 0.15) is 0 Å². The fourth-order valence-electron chi connectivity index (χ4n) is 0.167. The molecule has 0 saturated carbocycles. The summed E-state index contributed by atoms with van der Waals surface area (Å²) < 4.78 is 34.1. The van der Waals surface area contributed by atoms with Gasteiger partial charge in [0.2, 0.25) is 0 Å². The zero-order valence-corrected chi connectivity index (χ0v) is 6.65. The Kier molecular flexibility index (Phi) is 7.47. The van der Waals surface area contributed by atoms with Gasteiger partial charge in [-0.25, -0.2) is 0 Å². The molecule has 1 radical (unpaired) electrons. The average Bonchev–Trinajstić information content (AvgIpc) is 2.07. The van der Waals surface area contributed by atoms with E-state index < -0.39 is 10.4 Å². The van der Waals surface area contributed by atoms with Crippen LogP contribution in [0.1, 0.15) is 0 Å². The molecule has 1 rings (SSSR count). The van der Waals surface area contributed by atoms with Gasteiger partial charge in [-0.2, -0.15) is 15.4 Å². The van der Waals surface area contributed by atoms with E-state index in [4.69, 9.17) is 17.5 Å². The molecule has 0 unspecified atom stereocenters. The molecule has 1 aromatic rings. The summed E-state index contributed by atoms with van der Waals surface area (Å²) in [5, 5.41) is 9.33. The molecule has 0 bridgehead atoms. The van der Waals surface area contributed by atoms with Crippen molar-refractivity contribution in [2.45, 2.75) is 0 Å². The van der Waals surface area contributed by atoms with Crippen LogP contribution in [-0.4, -0.2) is 32.9 Å². The molecular formula is C2H3CuN3O4S. The number of H-pyrrole nitrogens is 1. The fraction of sp³-hybridized carbons (Fsp3) is 0. The van der Waals surface area contributed by atoms with Crippen LogP contribution in [0.3, 0.4) is 0 Å². The van der Waals surface area contributed by atoms with Gasteiger partial charge < -0.3 is 9.11 Å². The van der Waals surface area contributed by atoms with E-state index in [0.29, 0.717) is 0 Å². The van der Waals surface area contributed by atoms with Crippen LogP contribution in [-0.2, 0) is 27.5 Å². The number of nitrogens with one attached hydrogen (secondary N) is 1. The van der Waals surface area contributed by atoms with Crippen molar-refractivity contribution in [3.8, 4) is 0 Å². The molecule has 0 aromatic carbocycles. The summed E-state index contributed by atoms with van der Waals surface area (Å²) in [6.45, 7) is 0. The zero-order chi connectivity index (χ0) is 8.04. The predicted molar refractivity (Wildman–Crippen MR) is 26.9 cm³/mol. The maximum absolute atomic E-state index is 8.52. The van der Waals surface area contributed by atoms with Crippen LogP contribution in [0.25, 0.3) is 0 Å². The standard InChI is InChI=1S/C2H3N3.Cu.H2O4S/c1-2-4-5-3-1;;1-5(2,3)4/h1-2H,(H,3,4,5);;(H2,1,2,3,4)/q;+2;/p-2. The maximum Gasteiger partial charge on any atom is 2.00 e. The number of nitrogens with zero attached hydrogens (tertiary/aromatic N) is 2. The van der Waals surface area contributed by atoms with Gasteiger partial charge in [0, 0.05) is 10.4 Å². The van der Waals surface area contributed by atoms with Crippen molar-refractivity contribution < 1.29 is 34.6 Å². The topological polar surface area (TPSA) is 122 Å². The van der Waals surface area contributed by atoms with Gasteiger partial charge in [-0.15, -0.1) is 0 Å². The van der Waals surface area contributed by atoms with Crippen LogP contribution in [0.4, 0.5) is 0 Å². The Morgan fingerprint density at radius 1 is 1.18 bits per heavy atom. The molecule has 0 saturated heterocycles. The molecule has 0 atom stereocenters. The average molecular weight is 229 g/mol. The molecule has 9 heteroatoms. The van der Waals surface area contributed by atoms with Crippen LogP contribution >= 0.6 is 0 Å². The fourth-order valence-corrected chi connectivity index (χ4v) is 0.167. The van der Waals surface area contributed by atoms with Crippen LogP contribution in [0.5, 0.6) is 0 Å². The first kappa shape index (κ1) is 13.1. The molecule has 11 heavy (non-hydrogen) atoms. The molecule has 1 heterocycles. The summed E-state index contributed by atoms with van der Waals surface area (Å²) in [5.74, 6) is 0. The predicted octanol–water partition coefficient (Wildman–Crippen LogP) is -1.54. The molecule has 0 aliphatic rings. The van der Waals surface area contributed by atoms with Crippen molar-refractivity contribution >= 4 is 10.4 Å². The minimum atomic E-state index is -5.17. The first-order chi connectivity index (χ1) is 4.50. The normalized spacial score (nSPS) is 8.91. The van der Waals surface area contributed by atoms with Gasteiger partial charge in [0.25, 0.3) is 0 Å². The quantitative estimate of drug-likeness (QED) is 0.326. The van der Waals surface area contributed by atoms with Gasteiger partial charge >= 0.3 is 17.1 Å². The van der Waals surface area contributed by atoms with Gasteiger partial charge in [-0.05, 0) is 0 Å². The Labute approximate surface area is 73.3 Å². The number of hydrogen-bond donors (Lipinski definition) is 1. The summed E-state index contributed by atoms with van der Waals surface area (Å²) in [4.78, 5) is 0. The molecule has 7 nitrogen and oxygen atoms in total. The van der Waals surface area contributed by atoms with E-state index in [9.17, 15) is 0 Å². The Morgan fingerprint density at radius 2 is 1.45 bits per heavy atom. The van der Waals surface area contributed by atoms with Crippen molar-refractivity contribution in [1.29, 1.82) is 0 Å². The molecule has 0 aliphatic carbocycles. The van der Waals surface area contributed by atoms with E-state index in [1.54, 1.807) is 12.4 Å². The molecule has 0 fully saturated rings. The Morgan fingerprint density at radius 3 is 1.55 bits per heavy atom. The van der Waals surface area contributed by atoms with E-state index >= 15 is 0 Å². The summed E-state index contributed by atoms with van der Waals surface area (Å²) in [6.07, 6.45) is 3.17. The van der Waals surface area contributed by atoms with Crippen LogP contribution in [0.15, 0.2) is 12.4 Å². The molecular weight excluding hydrogens is 226 g/mol. The molecule has 67 valence electrons. The largest absolute Gasteiger partial charge is 2.00 e. The van der Waals surface area contributed by atoms with Gasteiger partial charge in [0.05, 0.1) is 12.4 Å². The van der Waals surface area contributed by atoms with E-state index in [1.807, 2.05) is 0 Å². The van der Waals surface area contributed by atoms with Crippen LogP contribution < -0.4 is 0 Å². The van der Waals surface area contributed by atoms with E-state index in [0.717, 1.165) is 0 Å². The summed E-state index contributed by atoms with van der Waals surface area (Å²) >= 11 is 0. The molecule has 0 aliphatic heterocycles. The van der Waals surface area contributed by atoms with Crippen LogP contribution in [0.2, 0.25) is 0 Å². The van der Waals surface area contributed by atoms with E-state index in [1.165, 1.54) is 0 Å². The van der Waals surface area contributed by atoms with Gasteiger partial charge in [-0.3, -0.25) is 8.42 Å². The first-order valence-electron chi connectivity index (χ1n) is 1.96. The molecule has 1 N–H and O–H groups in total. The SMILES string of the molecule is O=S(=O)([O-])[O-].[Cu+2].c1cn[nH]n1. The third-order valence-corrected chi connectivity index (χ3v) is 0.331. The molecule has 0 spiro atoms. The number of hydrogen-bond acceptors (Lipinski definition) is 6. The minimum absolute atomic E-state index is 0. The third-order valence-electron chi connectivity index (χ3n) is 0.331. The Balaban J connectivity index is 0. The van der Waals surface area contributed by atoms with E-state index in [2.05, 4.69) is 15.4 Å². The smallest absolute Gasteiger partial charge is 0.759 e. The number of rotatable bonds is 0. The monoisotopic (exact) mass is 228 g/mol. The van der Waals surface area contributed by atoms with Crippen molar-refractivity contribution in [3.05, 3.63) is 12.4 Å². The van der Waals surface area contributed by atoms with Crippen LogP contribution in [0, 0.1) is 0 Å².